The Morgan fingerprint density at radius 3 is 2.71 bits per heavy atom. The molecule has 2 N–H and O–H groups in total. The van der Waals surface area contributed by atoms with Gasteiger partial charge in [-0.15, -0.1) is 0 Å². The van der Waals surface area contributed by atoms with Crippen LogP contribution < -0.4 is 10.1 Å². The summed E-state index contributed by atoms with van der Waals surface area (Å²) in [6.07, 6.45) is 7.37. The van der Waals surface area contributed by atoms with Crippen LogP contribution in [0.25, 0.3) is 5.57 Å². The minimum atomic E-state index is 0.371. The van der Waals surface area contributed by atoms with Crippen molar-refractivity contribution in [2.24, 2.45) is 0 Å². The summed E-state index contributed by atoms with van der Waals surface area (Å²) in [6.45, 7) is 0.947. The van der Waals surface area contributed by atoms with E-state index in [1.165, 1.54) is 16.7 Å². The van der Waals surface area contributed by atoms with E-state index in [0.717, 1.165) is 30.2 Å². The Bertz CT molecular complexity index is 725. The van der Waals surface area contributed by atoms with Gasteiger partial charge in [0.25, 0.3) is 0 Å². The van der Waals surface area contributed by atoms with Crippen molar-refractivity contribution in [1.82, 2.24) is 10.2 Å². The Morgan fingerprint density at radius 2 is 2.05 bits per heavy atom. The second-order valence-corrected chi connectivity index (χ2v) is 5.38. The van der Waals surface area contributed by atoms with Crippen molar-refractivity contribution in [2.75, 3.05) is 19.0 Å². The molecule has 4 rings (SSSR count). The molecule has 1 atom stereocenters. The maximum absolute atomic E-state index is 5.25. The lowest BCUT2D eigenvalue weighted by Crippen LogP contribution is -2.18. The summed E-state index contributed by atoms with van der Waals surface area (Å²) in [5.41, 5.74) is 4.96. The summed E-state index contributed by atoms with van der Waals surface area (Å²) in [5, 5.41) is 11.0. The topological polar surface area (TPSA) is 49.9 Å². The average molecular weight is 279 g/mol. The molecule has 0 fully saturated rings. The van der Waals surface area contributed by atoms with Crippen molar-refractivity contribution >= 4 is 11.4 Å². The summed E-state index contributed by atoms with van der Waals surface area (Å²) in [7, 11) is 1.70. The fourth-order valence-electron chi connectivity index (χ4n) is 3.05. The van der Waals surface area contributed by atoms with Crippen LogP contribution in [0.5, 0.6) is 5.75 Å². The van der Waals surface area contributed by atoms with Crippen LogP contribution in [0.4, 0.5) is 5.82 Å². The number of hydrogen-bond acceptors (Lipinski definition) is 3. The van der Waals surface area contributed by atoms with Crippen LogP contribution in [-0.2, 0) is 0 Å². The molecule has 0 spiro atoms. The standard InChI is InChI=1S/C17H17N3O/c1-21-13-7-5-11(6-8-13)14-9-10-18-17-15(14)16(19-20-17)12-3-2-4-12/h2-8,14H,9-10H2,1H3,(H2,18,19,20). The number of ether oxygens (including phenoxy) is 1. The number of benzene rings is 1. The van der Waals surface area contributed by atoms with E-state index in [2.05, 4.69) is 45.9 Å². The summed E-state index contributed by atoms with van der Waals surface area (Å²) in [4.78, 5) is 0. The van der Waals surface area contributed by atoms with Crippen LogP contribution in [-0.4, -0.2) is 23.9 Å². The number of aromatic nitrogens is 2. The summed E-state index contributed by atoms with van der Waals surface area (Å²) in [5.74, 6) is 2.25. The molecule has 106 valence electrons. The Morgan fingerprint density at radius 1 is 1.24 bits per heavy atom. The largest absolute Gasteiger partial charge is 0.497 e. The molecular weight excluding hydrogens is 262 g/mol. The first kappa shape index (κ1) is 12.3. The smallest absolute Gasteiger partial charge is 0.152 e. The van der Waals surface area contributed by atoms with Gasteiger partial charge in [-0.2, -0.15) is 5.10 Å². The molecule has 2 aliphatic rings. The highest BCUT2D eigenvalue weighted by molar-refractivity contribution is 5.83. The van der Waals surface area contributed by atoms with Gasteiger partial charge in [-0.05, 0) is 29.7 Å². The number of aromatic amines is 1. The third kappa shape index (κ3) is 1.95. The molecule has 2 aromatic rings. The predicted molar refractivity (Wildman–Crippen MR) is 83.6 cm³/mol. The molecule has 4 nitrogen and oxygen atoms in total. The Hall–Kier alpha value is -2.49. The number of rotatable bonds is 3. The fourth-order valence-corrected chi connectivity index (χ4v) is 3.05. The van der Waals surface area contributed by atoms with Crippen molar-refractivity contribution in [3.63, 3.8) is 0 Å². The van der Waals surface area contributed by atoms with Crippen LogP contribution in [0.2, 0.25) is 0 Å². The predicted octanol–water partition coefficient (Wildman–Crippen LogP) is 3.32. The lowest BCUT2D eigenvalue weighted by atomic mass is 9.84. The monoisotopic (exact) mass is 279 g/mol. The van der Waals surface area contributed by atoms with E-state index in [9.17, 15) is 0 Å². The van der Waals surface area contributed by atoms with Gasteiger partial charge in [0, 0.05) is 18.0 Å². The molecule has 0 saturated carbocycles. The van der Waals surface area contributed by atoms with E-state index in [-0.39, 0.29) is 0 Å². The molecule has 0 radical (unpaired) electrons. The van der Waals surface area contributed by atoms with Crippen LogP contribution >= 0.6 is 0 Å². The second-order valence-electron chi connectivity index (χ2n) is 5.38. The van der Waals surface area contributed by atoms with Crippen molar-refractivity contribution in [3.8, 4) is 5.75 Å². The maximum Gasteiger partial charge on any atom is 0.152 e. The highest BCUT2D eigenvalue weighted by Gasteiger charge is 2.28. The van der Waals surface area contributed by atoms with Crippen molar-refractivity contribution in [1.29, 1.82) is 0 Å². The Balaban J connectivity index is 1.76. The molecule has 21 heavy (non-hydrogen) atoms. The van der Waals surface area contributed by atoms with Crippen LogP contribution in [0.15, 0.2) is 42.5 Å². The Kier molecular flexibility index (Phi) is 2.81. The van der Waals surface area contributed by atoms with Gasteiger partial charge in [-0.3, -0.25) is 5.10 Å². The molecule has 2 heterocycles. The van der Waals surface area contributed by atoms with Crippen LogP contribution in [0, 0.1) is 0 Å². The number of nitrogens with one attached hydrogen (secondary N) is 2. The number of allylic oxidation sites excluding steroid dienone is 4. The van der Waals surface area contributed by atoms with Gasteiger partial charge in [0.2, 0.25) is 0 Å². The molecule has 1 unspecified atom stereocenters. The first-order chi connectivity index (χ1) is 10.4. The first-order valence-electron chi connectivity index (χ1n) is 7.21. The van der Waals surface area contributed by atoms with Crippen molar-refractivity contribution < 1.29 is 4.74 Å². The van der Waals surface area contributed by atoms with Gasteiger partial charge in [0.15, 0.2) is 5.82 Å². The number of H-pyrrole nitrogens is 1. The van der Waals surface area contributed by atoms with E-state index < -0.39 is 0 Å². The van der Waals surface area contributed by atoms with Crippen LogP contribution in [0.3, 0.4) is 0 Å². The van der Waals surface area contributed by atoms with Gasteiger partial charge in [-0.25, -0.2) is 0 Å². The second kappa shape index (κ2) is 4.81. The maximum atomic E-state index is 5.25. The summed E-state index contributed by atoms with van der Waals surface area (Å²) in [6, 6.07) is 8.36. The fraction of sp³-hybridized carbons (Fsp3) is 0.235. The molecule has 1 aromatic heterocycles. The molecule has 0 amide bonds. The highest BCUT2D eigenvalue weighted by Crippen LogP contribution is 2.41. The van der Waals surface area contributed by atoms with Gasteiger partial charge < -0.3 is 10.1 Å². The lowest BCUT2D eigenvalue weighted by molar-refractivity contribution is 0.414. The third-order valence-electron chi connectivity index (χ3n) is 4.24. The number of fused-ring (bicyclic) bond motifs is 1. The summed E-state index contributed by atoms with van der Waals surface area (Å²) >= 11 is 0. The van der Waals surface area contributed by atoms with E-state index in [4.69, 9.17) is 4.74 Å². The van der Waals surface area contributed by atoms with Gasteiger partial charge >= 0.3 is 0 Å². The third-order valence-corrected chi connectivity index (χ3v) is 4.24. The zero-order valence-corrected chi connectivity index (χ0v) is 11.9. The van der Waals surface area contributed by atoms with E-state index in [1.807, 2.05) is 12.1 Å². The van der Waals surface area contributed by atoms with Gasteiger partial charge in [0.1, 0.15) is 5.75 Å². The highest BCUT2D eigenvalue weighted by atomic mass is 16.5. The molecule has 4 heteroatoms. The van der Waals surface area contributed by atoms with E-state index >= 15 is 0 Å². The molecular formula is C17H17N3O. The van der Waals surface area contributed by atoms with Gasteiger partial charge in [0.05, 0.1) is 12.8 Å². The molecule has 1 aliphatic carbocycles. The molecule has 0 saturated heterocycles. The quantitative estimate of drug-likeness (QED) is 0.906. The number of anilines is 1. The minimum Gasteiger partial charge on any atom is -0.497 e. The number of nitrogens with zero attached hydrogens (tertiary/aromatic N) is 1. The van der Waals surface area contributed by atoms with Crippen LogP contribution in [0.1, 0.15) is 29.2 Å². The minimum absolute atomic E-state index is 0.371. The SMILES string of the molecule is COc1ccc(C2CCNc3n[nH]c(C4=CC=C4)c32)cc1. The number of methoxy groups -OCH3 is 1. The van der Waals surface area contributed by atoms with E-state index in [0.29, 0.717) is 5.92 Å². The molecule has 1 aromatic carbocycles. The van der Waals surface area contributed by atoms with Crippen molar-refractivity contribution in [3.05, 3.63) is 59.3 Å². The van der Waals surface area contributed by atoms with Crippen molar-refractivity contribution in [2.45, 2.75) is 12.3 Å². The zero-order chi connectivity index (χ0) is 14.2. The Labute approximate surface area is 123 Å². The molecule has 1 aliphatic heterocycles. The molecule has 0 bridgehead atoms. The first-order valence-corrected chi connectivity index (χ1v) is 7.21. The number of hydrogen-bond donors (Lipinski definition) is 2. The normalized spacial score (nSPS) is 19.3. The summed E-state index contributed by atoms with van der Waals surface area (Å²) < 4.78 is 5.25. The zero-order valence-electron chi connectivity index (χ0n) is 11.9. The average Bonchev–Trinajstić information content (AvgIpc) is 2.90. The van der Waals surface area contributed by atoms with Gasteiger partial charge in [-0.1, -0.05) is 30.4 Å². The van der Waals surface area contributed by atoms with E-state index in [1.54, 1.807) is 7.11 Å². The lowest BCUT2D eigenvalue weighted by Gasteiger charge is -2.25.